The van der Waals surface area contributed by atoms with Crippen LogP contribution in [0.4, 0.5) is 4.39 Å². The van der Waals surface area contributed by atoms with Gasteiger partial charge in [-0.15, -0.1) is 0 Å². The molecule has 0 saturated carbocycles. The molecule has 2 rings (SSSR count). The maximum Gasteiger partial charge on any atom is 0.357 e. The standard InChI is InChI=1S/C11H8FNO3/c1-6-4-7(12)2-3-8(6)10-13-9(5-16-10)11(14)15/h2-5H,1H3,(H,14,15). The van der Waals surface area contributed by atoms with Gasteiger partial charge in [-0.2, -0.15) is 0 Å². The summed E-state index contributed by atoms with van der Waals surface area (Å²) in [7, 11) is 0. The minimum atomic E-state index is -1.16. The Bertz CT molecular complexity index is 548. The van der Waals surface area contributed by atoms with Gasteiger partial charge in [0.15, 0.2) is 5.69 Å². The van der Waals surface area contributed by atoms with Crippen LogP contribution in [-0.2, 0) is 0 Å². The molecule has 5 heteroatoms. The number of aryl methyl sites for hydroxylation is 1. The Labute approximate surface area is 90.4 Å². The maximum absolute atomic E-state index is 12.9. The van der Waals surface area contributed by atoms with Crippen molar-refractivity contribution in [3.8, 4) is 11.5 Å². The van der Waals surface area contributed by atoms with Gasteiger partial charge in [-0.05, 0) is 30.7 Å². The van der Waals surface area contributed by atoms with Crippen molar-refractivity contribution in [1.82, 2.24) is 4.98 Å². The predicted molar refractivity (Wildman–Crippen MR) is 53.6 cm³/mol. The molecule has 0 fully saturated rings. The number of hydrogen-bond acceptors (Lipinski definition) is 3. The topological polar surface area (TPSA) is 63.3 Å². The van der Waals surface area contributed by atoms with Crippen LogP contribution in [0.25, 0.3) is 11.5 Å². The molecule has 0 aliphatic rings. The monoisotopic (exact) mass is 221 g/mol. The van der Waals surface area contributed by atoms with Gasteiger partial charge in [-0.1, -0.05) is 0 Å². The van der Waals surface area contributed by atoms with Crippen LogP contribution < -0.4 is 0 Å². The molecular weight excluding hydrogens is 213 g/mol. The number of rotatable bonds is 2. The first-order chi connectivity index (χ1) is 7.58. The van der Waals surface area contributed by atoms with Gasteiger partial charge in [0, 0.05) is 5.56 Å². The zero-order valence-corrected chi connectivity index (χ0v) is 8.40. The fourth-order valence-electron chi connectivity index (χ4n) is 1.36. The summed E-state index contributed by atoms with van der Waals surface area (Å²) >= 11 is 0. The summed E-state index contributed by atoms with van der Waals surface area (Å²) in [5.41, 5.74) is 1.05. The molecule has 0 saturated heterocycles. The van der Waals surface area contributed by atoms with Crippen LogP contribution in [-0.4, -0.2) is 16.1 Å². The number of carboxylic acid groups (broad SMARTS) is 1. The highest BCUT2D eigenvalue weighted by molar-refractivity contribution is 5.85. The number of hydrogen-bond donors (Lipinski definition) is 1. The van der Waals surface area contributed by atoms with E-state index in [1.54, 1.807) is 6.92 Å². The normalized spacial score (nSPS) is 10.4. The van der Waals surface area contributed by atoms with E-state index in [9.17, 15) is 9.18 Å². The lowest BCUT2D eigenvalue weighted by Crippen LogP contribution is -1.95. The van der Waals surface area contributed by atoms with Crippen molar-refractivity contribution in [1.29, 1.82) is 0 Å². The number of carbonyl (C=O) groups is 1. The molecule has 0 aliphatic heterocycles. The van der Waals surface area contributed by atoms with Crippen LogP contribution >= 0.6 is 0 Å². The number of benzene rings is 1. The first-order valence-electron chi connectivity index (χ1n) is 4.53. The Balaban J connectivity index is 2.46. The third-order valence-electron chi connectivity index (χ3n) is 2.14. The smallest absolute Gasteiger partial charge is 0.357 e. The first kappa shape index (κ1) is 10.4. The molecule has 0 spiro atoms. The Morgan fingerprint density at radius 2 is 2.25 bits per heavy atom. The second kappa shape index (κ2) is 3.77. The van der Waals surface area contributed by atoms with E-state index in [2.05, 4.69) is 4.98 Å². The van der Waals surface area contributed by atoms with E-state index in [-0.39, 0.29) is 17.4 Å². The summed E-state index contributed by atoms with van der Waals surface area (Å²) in [6.45, 7) is 1.70. The highest BCUT2D eigenvalue weighted by Gasteiger charge is 2.13. The third kappa shape index (κ3) is 1.79. The molecule has 16 heavy (non-hydrogen) atoms. The Hall–Kier alpha value is -2.17. The van der Waals surface area contributed by atoms with Crippen molar-refractivity contribution in [3.05, 3.63) is 41.5 Å². The van der Waals surface area contributed by atoms with Crippen molar-refractivity contribution >= 4 is 5.97 Å². The van der Waals surface area contributed by atoms with Gasteiger partial charge in [0.05, 0.1) is 0 Å². The van der Waals surface area contributed by atoms with Gasteiger partial charge in [0.2, 0.25) is 5.89 Å². The molecular formula is C11H8FNO3. The van der Waals surface area contributed by atoms with Crippen LogP contribution in [0, 0.1) is 12.7 Å². The lowest BCUT2D eigenvalue weighted by atomic mass is 10.1. The van der Waals surface area contributed by atoms with Gasteiger partial charge in [-0.3, -0.25) is 0 Å². The zero-order valence-electron chi connectivity index (χ0n) is 8.40. The fourth-order valence-corrected chi connectivity index (χ4v) is 1.36. The number of halogens is 1. The summed E-state index contributed by atoms with van der Waals surface area (Å²) in [4.78, 5) is 14.4. The second-order valence-corrected chi connectivity index (χ2v) is 3.30. The molecule has 4 nitrogen and oxygen atoms in total. The largest absolute Gasteiger partial charge is 0.476 e. The molecule has 0 atom stereocenters. The first-order valence-corrected chi connectivity index (χ1v) is 4.53. The Morgan fingerprint density at radius 1 is 1.50 bits per heavy atom. The molecule has 0 unspecified atom stereocenters. The van der Waals surface area contributed by atoms with Crippen LogP contribution in [0.1, 0.15) is 16.1 Å². The second-order valence-electron chi connectivity index (χ2n) is 3.30. The average molecular weight is 221 g/mol. The molecule has 1 heterocycles. The highest BCUT2D eigenvalue weighted by Crippen LogP contribution is 2.23. The molecule has 1 aromatic carbocycles. The van der Waals surface area contributed by atoms with Crippen molar-refractivity contribution in [3.63, 3.8) is 0 Å². The van der Waals surface area contributed by atoms with Gasteiger partial charge in [0.25, 0.3) is 0 Å². The van der Waals surface area contributed by atoms with Crippen molar-refractivity contribution in [2.24, 2.45) is 0 Å². The summed E-state index contributed by atoms with van der Waals surface area (Å²) in [5, 5.41) is 8.68. The molecule has 0 amide bonds. The summed E-state index contributed by atoms with van der Waals surface area (Å²) < 4.78 is 17.9. The summed E-state index contributed by atoms with van der Waals surface area (Å²) in [6.07, 6.45) is 1.06. The molecule has 0 radical (unpaired) electrons. The number of nitrogens with zero attached hydrogens (tertiary/aromatic N) is 1. The Morgan fingerprint density at radius 3 is 2.81 bits per heavy atom. The molecule has 1 N–H and O–H groups in total. The summed E-state index contributed by atoms with van der Waals surface area (Å²) in [5.74, 6) is -1.34. The zero-order chi connectivity index (χ0) is 11.7. The van der Waals surface area contributed by atoms with E-state index in [0.717, 1.165) is 6.26 Å². The predicted octanol–water partition coefficient (Wildman–Crippen LogP) is 2.49. The third-order valence-corrected chi connectivity index (χ3v) is 2.14. The molecule has 2 aromatic rings. The number of oxazole rings is 1. The minimum absolute atomic E-state index is 0.168. The van der Waals surface area contributed by atoms with Gasteiger partial charge >= 0.3 is 5.97 Å². The maximum atomic E-state index is 12.9. The van der Waals surface area contributed by atoms with E-state index < -0.39 is 5.97 Å². The van der Waals surface area contributed by atoms with E-state index >= 15 is 0 Å². The Kier molecular flexibility index (Phi) is 2.44. The van der Waals surface area contributed by atoms with Crippen LogP contribution in [0.3, 0.4) is 0 Å². The number of aromatic nitrogens is 1. The minimum Gasteiger partial charge on any atom is -0.476 e. The molecule has 0 aliphatic carbocycles. The van der Waals surface area contributed by atoms with Crippen LogP contribution in [0.15, 0.2) is 28.9 Å². The summed E-state index contributed by atoms with van der Waals surface area (Å²) in [6, 6.07) is 4.11. The quantitative estimate of drug-likeness (QED) is 0.846. The van der Waals surface area contributed by atoms with Gasteiger partial charge < -0.3 is 9.52 Å². The van der Waals surface area contributed by atoms with E-state index in [1.165, 1.54) is 18.2 Å². The van der Waals surface area contributed by atoms with Crippen molar-refractivity contribution in [2.75, 3.05) is 0 Å². The van der Waals surface area contributed by atoms with Gasteiger partial charge in [0.1, 0.15) is 12.1 Å². The number of carboxylic acids is 1. The average Bonchev–Trinajstić information content (AvgIpc) is 2.66. The van der Waals surface area contributed by atoms with Crippen molar-refractivity contribution in [2.45, 2.75) is 6.92 Å². The van der Waals surface area contributed by atoms with Crippen LogP contribution in [0.5, 0.6) is 0 Å². The lowest BCUT2D eigenvalue weighted by molar-refractivity contribution is 0.0690. The molecule has 82 valence electrons. The lowest BCUT2D eigenvalue weighted by Gasteiger charge is -2.00. The SMILES string of the molecule is Cc1cc(F)ccc1-c1nc(C(=O)O)co1. The van der Waals surface area contributed by atoms with Crippen LogP contribution in [0.2, 0.25) is 0 Å². The fraction of sp³-hybridized carbons (Fsp3) is 0.0909. The van der Waals surface area contributed by atoms with E-state index in [1.807, 2.05) is 0 Å². The number of aromatic carboxylic acids is 1. The highest BCUT2D eigenvalue weighted by atomic mass is 19.1. The van der Waals surface area contributed by atoms with Crippen molar-refractivity contribution < 1.29 is 18.7 Å². The van der Waals surface area contributed by atoms with Gasteiger partial charge in [-0.25, -0.2) is 14.2 Å². The van der Waals surface area contributed by atoms with E-state index in [0.29, 0.717) is 11.1 Å². The van der Waals surface area contributed by atoms with E-state index in [4.69, 9.17) is 9.52 Å². The molecule has 0 bridgehead atoms. The molecule has 1 aromatic heterocycles.